The van der Waals surface area contributed by atoms with Gasteiger partial charge in [-0.05, 0) is 30.1 Å². The van der Waals surface area contributed by atoms with Gasteiger partial charge in [-0.25, -0.2) is 24.0 Å². The number of hydrogen-bond donors (Lipinski definition) is 2. The molecule has 19 nitrogen and oxygen atoms in total. The quantitative estimate of drug-likeness (QED) is 0.0469. The van der Waals surface area contributed by atoms with Crippen LogP contribution in [0.15, 0.2) is 60.2 Å². The number of esters is 7. The molecular formula is C35H45Cl2F5NO18Rf5S-5. The summed E-state index contributed by atoms with van der Waals surface area (Å²) >= 11 is 10.4. The third kappa shape index (κ3) is 56.0. The van der Waals surface area contributed by atoms with Gasteiger partial charge in [0.25, 0.3) is 11.9 Å². The molecule has 0 aliphatic rings. The van der Waals surface area contributed by atoms with E-state index in [4.69, 9.17) is 33.4 Å². The molecule has 67 heavy (non-hydrogen) atoms. The zero-order chi connectivity index (χ0) is 50.1. The second kappa shape index (κ2) is 42.7. The van der Waals surface area contributed by atoms with Crippen molar-refractivity contribution in [3.8, 4) is 0 Å². The Balaban J connectivity index is -0.0000000751. The molecule has 0 fully saturated rings. The van der Waals surface area contributed by atoms with Gasteiger partial charge in [-0.2, -0.15) is 22.0 Å². The van der Waals surface area contributed by atoms with Crippen molar-refractivity contribution in [2.75, 3.05) is 46.6 Å². The number of aliphatic hydroxyl groups excluding tert-OH is 2. The van der Waals surface area contributed by atoms with Crippen molar-refractivity contribution in [3.05, 3.63) is 87.9 Å². The molecule has 0 spiro atoms. The fourth-order valence-corrected chi connectivity index (χ4v) is 2.41. The van der Waals surface area contributed by atoms with Crippen LogP contribution in [0.1, 0.15) is 13.8 Å². The summed E-state index contributed by atoms with van der Waals surface area (Å²) in [6.07, 6.45) is -8.34. The fraction of sp³-hybridized carbons (Fsp3) is 0.400. The molecule has 0 aromatic carbocycles. The molecule has 0 aliphatic heterocycles. The van der Waals surface area contributed by atoms with Crippen LogP contribution in [0, 0.1) is 27.7 Å². The molecule has 0 bridgehead atoms. The Morgan fingerprint density at radius 3 is 1.12 bits per heavy atom. The molecule has 0 amide bonds. The molecule has 4 unspecified atom stereocenters. The van der Waals surface area contributed by atoms with Crippen LogP contribution in [0.2, 0.25) is 0 Å². The molecule has 0 heterocycles. The van der Waals surface area contributed by atoms with Gasteiger partial charge in [-0.1, -0.05) is 56.1 Å². The monoisotopic (exact) mass is 2300 g/mol. The van der Waals surface area contributed by atoms with E-state index in [0.29, 0.717) is 0 Å². The number of nitrogens with zero attached hydrogens (tertiary/aromatic N) is 1. The van der Waals surface area contributed by atoms with Gasteiger partial charge >= 0.3 is 36.0 Å². The van der Waals surface area contributed by atoms with E-state index >= 15 is 0 Å². The number of halogens is 7. The first-order valence-electron chi connectivity index (χ1n) is 15.9. The fourth-order valence-electron chi connectivity index (χ4n) is 2.08. The molecule has 0 aliphatic carbocycles. The van der Waals surface area contributed by atoms with Crippen LogP contribution >= 0.6 is 23.2 Å². The Morgan fingerprint density at radius 1 is 0.597 bits per heavy atom. The third-order valence-corrected chi connectivity index (χ3v) is 5.65. The van der Waals surface area contributed by atoms with Crippen molar-refractivity contribution in [1.29, 1.82) is 0 Å². The number of aliphatic hydroxyl groups is 2. The predicted molar refractivity (Wildman–Crippen MR) is 206 cm³/mol. The van der Waals surface area contributed by atoms with Gasteiger partial charge in [-0.15, -0.1) is 0 Å². The summed E-state index contributed by atoms with van der Waals surface area (Å²) in [6.45, 7) is 28.1. The molecule has 0 saturated heterocycles. The van der Waals surface area contributed by atoms with Crippen molar-refractivity contribution in [3.63, 3.8) is 0 Å². The standard InChI is InChI=1S/C8H10ClO4.C8H10FO4.C7H9F3NO4S.C6H8ClO3.C6H8FO3.5Rf/c2*1-5(13-7(3)10)4-12-8(11)6(2)9;1-5(7(8,9)10)6(12)15-4-3-11(2)16(13)14;2*1-4(8)3-10-6(9)5(2)7;;;;;/h2*5H,1-2,4H2,3H3;1,3-4H2,2H3;2*4,8H,1-3H2;;;;;/q5*-1;;;;;. The topological polar surface area (TPSA) is 262 Å². The van der Waals surface area contributed by atoms with Crippen molar-refractivity contribution >= 4 is 75.9 Å². The average molecular weight is 2300 g/mol. The van der Waals surface area contributed by atoms with E-state index in [1.165, 1.54) is 20.9 Å². The van der Waals surface area contributed by atoms with Gasteiger partial charge in [0.05, 0.1) is 13.2 Å². The van der Waals surface area contributed by atoms with Crippen LogP contribution in [-0.2, 0) is 86.0 Å². The van der Waals surface area contributed by atoms with Crippen LogP contribution in [0.3, 0.4) is 0 Å². The van der Waals surface area contributed by atoms with E-state index in [0.717, 1.165) is 4.31 Å². The molecule has 32 heteroatoms. The summed E-state index contributed by atoms with van der Waals surface area (Å²) < 4.78 is 111. The van der Waals surface area contributed by atoms with Crippen molar-refractivity contribution in [2.24, 2.45) is 0 Å². The molecule has 0 rings (SSSR count). The minimum Gasteiger partial charge on any atom is -0.492 e. The van der Waals surface area contributed by atoms with Crippen molar-refractivity contribution in [1.82, 2.24) is 4.31 Å². The number of hydrogen-bond acceptors (Lipinski definition) is 19. The Kier molecular flexibility index (Phi) is 51.6. The normalized spacial score (nSPS) is 11.0. The number of ether oxygens (including phenoxy) is 7. The van der Waals surface area contributed by atoms with Crippen LogP contribution in [0.5, 0.6) is 0 Å². The Hall–Kier alpha value is -9.95. The molecular weight excluding hydrogens is 2260 g/mol. The van der Waals surface area contributed by atoms with Crippen molar-refractivity contribution < 1.29 is 107 Å². The molecule has 2 N–H and O–H groups in total. The second-order valence-electron chi connectivity index (χ2n) is 10.5. The summed E-state index contributed by atoms with van der Waals surface area (Å²) in [7, 11) is -1.33. The first kappa shape index (κ1) is 81.0. The number of alkyl halides is 3. The van der Waals surface area contributed by atoms with E-state index in [1.807, 2.05) is 0 Å². The van der Waals surface area contributed by atoms with Gasteiger partial charge < -0.3 is 69.9 Å². The van der Waals surface area contributed by atoms with E-state index in [-0.39, 0.29) is 43.0 Å². The van der Waals surface area contributed by atoms with Gasteiger partial charge in [0.15, 0.2) is 0 Å². The maximum atomic E-state index is 12.0. The maximum Gasteiger partial charge on any atom is 0.422 e. The summed E-state index contributed by atoms with van der Waals surface area (Å²) in [5, 5.41) is 16.5. The van der Waals surface area contributed by atoms with Gasteiger partial charge in [0.2, 0.25) is 11.7 Å². The molecule has 368 valence electrons. The minimum atomic E-state index is -4.84. The number of carbonyl (C=O) groups excluding carboxylic acids is 7. The molecule has 4 atom stereocenters. The van der Waals surface area contributed by atoms with Crippen LogP contribution in [0.25, 0.3) is 0 Å². The number of carbonyl (C=O) groups is 7. The van der Waals surface area contributed by atoms with Gasteiger partial charge in [0, 0.05) is 32.6 Å². The zero-order valence-electron chi connectivity index (χ0n) is 36.9. The molecule has 0 aromatic rings. The average Bonchev–Trinajstić information content (AvgIpc) is 3.13. The molecule has 0 aromatic heterocycles. The van der Waals surface area contributed by atoms with E-state index in [1.54, 1.807) is 0 Å². The largest absolute Gasteiger partial charge is 0.492 e. The minimum absolute atomic E-state index is 0. The number of rotatable bonds is 19. The first-order valence-corrected chi connectivity index (χ1v) is 17.7. The second-order valence-corrected chi connectivity index (χ2v) is 12.4. The van der Waals surface area contributed by atoms with E-state index < -0.39 is 107 Å². The smallest absolute Gasteiger partial charge is 0.422 e. The van der Waals surface area contributed by atoms with Crippen LogP contribution in [0.4, 0.5) is 22.0 Å². The predicted octanol–water partition coefficient (Wildman–Crippen LogP) is 3.32. The zero-order valence-corrected chi connectivity index (χ0v) is 71.2. The van der Waals surface area contributed by atoms with Crippen LogP contribution < -0.4 is 0 Å². The molecule has 0 saturated carbocycles. The van der Waals surface area contributed by atoms with E-state index in [9.17, 15) is 63.9 Å². The summed E-state index contributed by atoms with van der Waals surface area (Å²) in [4.78, 5) is 73.3. The first-order chi connectivity index (χ1) is 28.1. The summed E-state index contributed by atoms with van der Waals surface area (Å²) in [6, 6.07) is 0. The Morgan fingerprint density at radius 2 is 0.881 bits per heavy atom. The Bertz CT molecular complexity index is 1560. The van der Waals surface area contributed by atoms with Gasteiger partial charge in [-0.3, -0.25) is 23.4 Å². The third-order valence-electron chi connectivity index (χ3n) is 4.65. The Labute approximate surface area is 365 Å². The van der Waals surface area contributed by atoms with Gasteiger partial charge in [0.1, 0.15) is 35.5 Å². The van der Waals surface area contributed by atoms with Crippen LogP contribution in [-0.4, -0.2) is 134 Å². The number of likely N-dealkylation sites (N-methyl/N-ethyl adjacent to an activating group) is 1. The van der Waals surface area contributed by atoms with E-state index in [2.05, 4.69) is 93.7 Å². The SMILES string of the molecule is C=C(C(=O)OCCN(C)[S-](=O)=O)C(F)(F)F.C=C(Cl)C(=O)OCC([CH2-])O.C=C(Cl)C(=O)OCC([CH2-])OC(C)=O.C=C(F)C(=O)OCC([CH2-])O.C=C(F)C(=O)OCC([CH2-])OC(C)=O.[Rf].[Rf].[Rf].[Rf].[Rf]. The van der Waals surface area contributed by atoms with Crippen molar-refractivity contribution in [2.45, 2.75) is 44.4 Å². The molecule has 0 radical (unpaired) electrons. The summed E-state index contributed by atoms with van der Waals surface area (Å²) in [5.74, 6) is -8.85. The maximum absolute atomic E-state index is 12.0. The summed E-state index contributed by atoms with van der Waals surface area (Å²) in [5.41, 5.74) is -1.63.